The Morgan fingerprint density at radius 1 is 1.69 bits per heavy atom. The van der Waals surface area contributed by atoms with Gasteiger partial charge in [-0.3, -0.25) is 5.32 Å². The number of nitrogens with zero attached hydrogens (tertiary/aromatic N) is 1. The lowest BCUT2D eigenvalue weighted by Crippen LogP contribution is -2.29. The smallest absolute Gasteiger partial charge is 0.114 e. The van der Waals surface area contributed by atoms with E-state index in [1.165, 1.54) is 17.7 Å². The van der Waals surface area contributed by atoms with Gasteiger partial charge in [-0.05, 0) is 32.3 Å². The van der Waals surface area contributed by atoms with E-state index in [4.69, 9.17) is 9.68 Å². The first-order chi connectivity index (χ1) is 7.79. The quantitative estimate of drug-likeness (QED) is 0.771. The second-order valence-electron chi connectivity index (χ2n) is 4.10. The lowest BCUT2D eigenvalue weighted by molar-refractivity contribution is 0.526. The summed E-state index contributed by atoms with van der Waals surface area (Å²) in [6.45, 7) is 1.96. The third kappa shape index (κ3) is 3.29. The van der Waals surface area contributed by atoms with E-state index in [2.05, 4.69) is 11.4 Å². The number of thioether (sulfide) groups is 1. The molecule has 4 heteroatoms. The number of nitriles is 1. The Bertz CT molecular complexity index is 379. The van der Waals surface area contributed by atoms with E-state index in [1.807, 2.05) is 13.0 Å². The first-order valence-corrected chi connectivity index (χ1v) is 6.60. The lowest BCUT2D eigenvalue weighted by Gasteiger charge is -2.09. The van der Waals surface area contributed by atoms with Crippen molar-refractivity contribution in [1.82, 2.24) is 5.32 Å². The minimum atomic E-state index is 0.00667. The third-order valence-electron chi connectivity index (χ3n) is 2.65. The topological polar surface area (TPSA) is 49.0 Å². The highest BCUT2D eigenvalue weighted by molar-refractivity contribution is 7.99. The van der Waals surface area contributed by atoms with Crippen LogP contribution >= 0.6 is 11.8 Å². The number of hydrogen-bond donors (Lipinski definition) is 1. The van der Waals surface area contributed by atoms with Crippen molar-refractivity contribution in [3.63, 3.8) is 0 Å². The van der Waals surface area contributed by atoms with Crippen LogP contribution in [-0.2, 0) is 0 Å². The van der Waals surface area contributed by atoms with Gasteiger partial charge in [-0.25, -0.2) is 0 Å². The summed E-state index contributed by atoms with van der Waals surface area (Å²) in [7, 11) is 0. The predicted octanol–water partition coefficient (Wildman–Crippen LogP) is 2.71. The molecule has 0 saturated heterocycles. The molecule has 1 heterocycles. The summed E-state index contributed by atoms with van der Waals surface area (Å²) in [6.07, 6.45) is 5.06. The summed E-state index contributed by atoms with van der Waals surface area (Å²) in [5.74, 6) is 1.92. The molecule has 0 aromatic carbocycles. The van der Waals surface area contributed by atoms with Crippen molar-refractivity contribution in [1.29, 1.82) is 5.26 Å². The van der Waals surface area contributed by atoms with Crippen LogP contribution in [0.2, 0.25) is 0 Å². The summed E-state index contributed by atoms with van der Waals surface area (Å²) >= 11 is 1.76. The van der Waals surface area contributed by atoms with Crippen molar-refractivity contribution in [3.05, 3.63) is 18.1 Å². The molecular weight excluding hydrogens is 220 g/mol. The first kappa shape index (κ1) is 11.6. The SMILES string of the molecule is Cc1occc1SCCC(C#N)NC1CC1. The summed E-state index contributed by atoms with van der Waals surface area (Å²) in [6, 6.07) is 4.91. The largest absolute Gasteiger partial charge is 0.468 e. The van der Waals surface area contributed by atoms with E-state index < -0.39 is 0 Å². The van der Waals surface area contributed by atoms with Gasteiger partial charge in [0.15, 0.2) is 0 Å². The van der Waals surface area contributed by atoms with Crippen molar-refractivity contribution in [2.75, 3.05) is 5.75 Å². The minimum Gasteiger partial charge on any atom is -0.468 e. The number of aryl methyl sites for hydroxylation is 1. The highest BCUT2D eigenvalue weighted by Gasteiger charge is 2.24. The average molecular weight is 236 g/mol. The predicted molar refractivity (Wildman–Crippen MR) is 64.3 cm³/mol. The normalized spacial score (nSPS) is 17.0. The summed E-state index contributed by atoms with van der Waals surface area (Å²) in [5, 5.41) is 12.3. The summed E-state index contributed by atoms with van der Waals surface area (Å²) in [5.41, 5.74) is 0. The van der Waals surface area contributed by atoms with Crippen LogP contribution in [0.3, 0.4) is 0 Å². The van der Waals surface area contributed by atoms with Crippen LogP contribution in [0, 0.1) is 18.3 Å². The third-order valence-corrected chi connectivity index (χ3v) is 3.82. The Kier molecular flexibility index (Phi) is 3.92. The lowest BCUT2D eigenvalue weighted by atomic mass is 10.2. The Balaban J connectivity index is 1.70. The highest BCUT2D eigenvalue weighted by Crippen LogP contribution is 2.25. The van der Waals surface area contributed by atoms with Crippen LogP contribution < -0.4 is 5.32 Å². The molecular formula is C12H16N2OS. The van der Waals surface area contributed by atoms with Crippen LogP contribution in [-0.4, -0.2) is 17.8 Å². The first-order valence-electron chi connectivity index (χ1n) is 5.62. The Morgan fingerprint density at radius 3 is 3.06 bits per heavy atom. The van der Waals surface area contributed by atoms with Crippen LogP contribution in [0.25, 0.3) is 0 Å². The van der Waals surface area contributed by atoms with Gasteiger partial charge in [0.1, 0.15) is 5.76 Å². The second-order valence-corrected chi connectivity index (χ2v) is 5.24. The molecule has 0 bridgehead atoms. The van der Waals surface area contributed by atoms with Crippen LogP contribution in [0.15, 0.2) is 21.6 Å². The molecule has 1 aliphatic carbocycles. The zero-order valence-electron chi connectivity index (χ0n) is 9.40. The van der Waals surface area contributed by atoms with Gasteiger partial charge in [0.25, 0.3) is 0 Å². The van der Waals surface area contributed by atoms with Gasteiger partial charge in [-0.1, -0.05) is 0 Å². The maximum atomic E-state index is 8.97. The molecule has 1 aromatic rings. The van der Waals surface area contributed by atoms with Gasteiger partial charge in [0.2, 0.25) is 0 Å². The Hall–Kier alpha value is -0.920. The Labute approximate surface area is 100 Å². The highest BCUT2D eigenvalue weighted by atomic mass is 32.2. The van der Waals surface area contributed by atoms with Crippen LogP contribution in [0.4, 0.5) is 0 Å². The van der Waals surface area contributed by atoms with Gasteiger partial charge >= 0.3 is 0 Å². The molecule has 2 rings (SSSR count). The number of nitrogens with one attached hydrogen (secondary N) is 1. The van der Waals surface area contributed by atoms with Gasteiger partial charge in [-0.15, -0.1) is 11.8 Å². The number of hydrogen-bond acceptors (Lipinski definition) is 4. The van der Waals surface area contributed by atoms with Crippen molar-refractivity contribution in [2.45, 2.75) is 43.2 Å². The monoisotopic (exact) mass is 236 g/mol. The van der Waals surface area contributed by atoms with E-state index >= 15 is 0 Å². The van der Waals surface area contributed by atoms with Crippen molar-refractivity contribution < 1.29 is 4.42 Å². The van der Waals surface area contributed by atoms with E-state index in [-0.39, 0.29) is 6.04 Å². The molecule has 0 spiro atoms. The van der Waals surface area contributed by atoms with Crippen molar-refractivity contribution in [3.8, 4) is 6.07 Å². The zero-order chi connectivity index (χ0) is 11.4. The van der Waals surface area contributed by atoms with Gasteiger partial charge in [0.05, 0.1) is 18.4 Å². The maximum Gasteiger partial charge on any atom is 0.114 e. The second kappa shape index (κ2) is 5.42. The van der Waals surface area contributed by atoms with Crippen molar-refractivity contribution >= 4 is 11.8 Å². The molecule has 1 aromatic heterocycles. The molecule has 0 amide bonds. The molecule has 1 unspecified atom stereocenters. The number of furan rings is 1. The van der Waals surface area contributed by atoms with Crippen molar-refractivity contribution in [2.24, 2.45) is 0 Å². The van der Waals surface area contributed by atoms with Crippen LogP contribution in [0.1, 0.15) is 25.0 Å². The van der Waals surface area contributed by atoms with E-state index in [9.17, 15) is 0 Å². The molecule has 1 atom stereocenters. The molecule has 16 heavy (non-hydrogen) atoms. The van der Waals surface area contributed by atoms with Gasteiger partial charge in [0, 0.05) is 16.7 Å². The molecule has 86 valence electrons. The molecule has 3 nitrogen and oxygen atoms in total. The average Bonchev–Trinajstić information content (AvgIpc) is 3.01. The molecule has 1 saturated carbocycles. The summed E-state index contributed by atoms with van der Waals surface area (Å²) in [4.78, 5) is 1.18. The number of rotatable bonds is 6. The molecule has 1 N–H and O–H groups in total. The standard InChI is InChI=1S/C12H16N2OS/c1-9-12(4-6-15-9)16-7-5-11(8-13)14-10-2-3-10/h4,6,10-11,14H,2-3,5,7H2,1H3. The maximum absolute atomic E-state index is 8.97. The fourth-order valence-electron chi connectivity index (χ4n) is 1.53. The van der Waals surface area contributed by atoms with E-state index in [0.717, 1.165) is 17.9 Å². The molecule has 1 fully saturated rings. The Morgan fingerprint density at radius 2 is 2.50 bits per heavy atom. The van der Waals surface area contributed by atoms with Gasteiger partial charge < -0.3 is 4.42 Å². The van der Waals surface area contributed by atoms with E-state index in [0.29, 0.717) is 6.04 Å². The fourth-order valence-corrected chi connectivity index (χ4v) is 2.51. The minimum absolute atomic E-state index is 0.00667. The zero-order valence-corrected chi connectivity index (χ0v) is 10.2. The van der Waals surface area contributed by atoms with Gasteiger partial charge in [-0.2, -0.15) is 5.26 Å². The van der Waals surface area contributed by atoms with Crippen LogP contribution in [0.5, 0.6) is 0 Å². The fraction of sp³-hybridized carbons (Fsp3) is 0.583. The summed E-state index contributed by atoms with van der Waals surface area (Å²) < 4.78 is 5.22. The van der Waals surface area contributed by atoms with E-state index in [1.54, 1.807) is 18.0 Å². The molecule has 1 aliphatic rings. The molecule has 0 aliphatic heterocycles. The molecule has 0 radical (unpaired) electrons.